The summed E-state index contributed by atoms with van der Waals surface area (Å²) in [5, 5.41) is 15.5. The van der Waals surface area contributed by atoms with Crippen LogP contribution < -0.4 is 10.6 Å². The largest absolute Gasteiger partial charge is 0.392 e. The van der Waals surface area contributed by atoms with Crippen molar-refractivity contribution in [2.45, 2.75) is 84.3 Å². The van der Waals surface area contributed by atoms with Gasteiger partial charge in [0, 0.05) is 57.5 Å². The van der Waals surface area contributed by atoms with Gasteiger partial charge in [-0.15, -0.1) is 0 Å². The van der Waals surface area contributed by atoms with Gasteiger partial charge in [-0.1, -0.05) is 123 Å². The third-order valence-corrected chi connectivity index (χ3v) is 9.26. The third kappa shape index (κ3) is 11.4. The second-order valence-corrected chi connectivity index (χ2v) is 13.3. The molecule has 1 aliphatic heterocycles. The SMILES string of the molecule is CC(=O)NCCCCCC(=O)NCc1ccc([C@@H]2O[C@H](CN(Cc3ccccc3)Cc3ccccc3)[C@H](C)[C@H](c3ccc(CO)cc3)O2)cc1. The normalized spacial score (nSPS) is 18.9. The molecule has 1 aliphatic rings. The molecule has 1 heterocycles. The van der Waals surface area contributed by atoms with Crippen LogP contribution in [0, 0.1) is 5.92 Å². The lowest BCUT2D eigenvalue weighted by atomic mass is 9.89. The molecule has 0 unspecified atom stereocenters. The third-order valence-electron chi connectivity index (χ3n) is 9.26. The number of hydrogen-bond acceptors (Lipinski definition) is 6. The van der Waals surface area contributed by atoms with E-state index in [-0.39, 0.29) is 36.5 Å². The van der Waals surface area contributed by atoms with E-state index in [1.54, 1.807) is 0 Å². The summed E-state index contributed by atoms with van der Waals surface area (Å²) in [6.07, 6.45) is 2.11. The molecule has 8 nitrogen and oxygen atoms in total. The van der Waals surface area contributed by atoms with Crippen LogP contribution in [0.25, 0.3) is 0 Å². The second kappa shape index (κ2) is 19.2. The van der Waals surface area contributed by atoms with E-state index in [2.05, 4.69) is 71.0 Å². The van der Waals surface area contributed by atoms with Crippen LogP contribution in [0.4, 0.5) is 0 Å². The molecule has 4 aromatic rings. The van der Waals surface area contributed by atoms with Crippen molar-refractivity contribution in [2.75, 3.05) is 13.1 Å². The molecule has 0 spiro atoms. The molecule has 4 aromatic carbocycles. The van der Waals surface area contributed by atoms with Gasteiger partial charge >= 0.3 is 0 Å². The van der Waals surface area contributed by atoms with Crippen molar-refractivity contribution in [1.82, 2.24) is 15.5 Å². The van der Waals surface area contributed by atoms with Crippen molar-refractivity contribution in [1.29, 1.82) is 0 Å². The van der Waals surface area contributed by atoms with Crippen molar-refractivity contribution < 1.29 is 24.2 Å². The fourth-order valence-corrected chi connectivity index (χ4v) is 6.38. The van der Waals surface area contributed by atoms with Crippen LogP contribution in [0.15, 0.2) is 109 Å². The van der Waals surface area contributed by atoms with Crippen molar-refractivity contribution in [3.63, 3.8) is 0 Å². The topological polar surface area (TPSA) is 100 Å². The lowest BCUT2D eigenvalue weighted by molar-refractivity contribution is -0.276. The molecule has 50 heavy (non-hydrogen) atoms. The van der Waals surface area contributed by atoms with Crippen LogP contribution in [0.5, 0.6) is 0 Å². The van der Waals surface area contributed by atoms with Gasteiger partial charge < -0.3 is 25.2 Å². The summed E-state index contributed by atoms with van der Waals surface area (Å²) in [6, 6.07) is 37.2. The number of nitrogens with one attached hydrogen (secondary N) is 2. The van der Waals surface area contributed by atoms with Gasteiger partial charge in [0.05, 0.1) is 18.8 Å². The minimum atomic E-state index is -0.574. The zero-order valence-corrected chi connectivity index (χ0v) is 29.3. The van der Waals surface area contributed by atoms with Crippen LogP contribution in [-0.2, 0) is 45.3 Å². The Hall–Kier alpha value is -4.34. The molecule has 0 saturated carbocycles. The molecular weight excluding hydrogens is 626 g/mol. The van der Waals surface area contributed by atoms with Gasteiger partial charge in [0.15, 0.2) is 6.29 Å². The summed E-state index contributed by atoms with van der Waals surface area (Å²) < 4.78 is 13.5. The first-order valence-corrected chi connectivity index (χ1v) is 17.8. The fourth-order valence-electron chi connectivity index (χ4n) is 6.38. The number of aliphatic hydroxyl groups is 1. The monoisotopic (exact) mass is 677 g/mol. The molecule has 2 amide bonds. The highest BCUT2D eigenvalue weighted by Crippen LogP contribution is 2.42. The van der Waals surface area contributed by atoms with E-state index in [1.807, 2.05) is 60.7 Å². The van der Waals surface area contributed by atoms with Crippen molar-refractivity contribution in [3.8, 4) is 0 Å². The Morgan fingerprint density at radius 3 is 1.90 bits per heavy atom. The number of carbonyl (C=O) groups is 2. The van der Waals surface area contributed by atoms with Crippen molar-refractivity contribution in [2.24, 2.45) is 5.92 Å². The van der Waals surface area contributed by atoms with Gasteiger partial charge in [-0.2, -0.15) is 0 Å². The molecule has 0 bridgehead atoms. The highest BCUT2D eigenvalue weighted by Gasteiger charge is 2.39. The Morgan fingerprint density at radius 2 is 1.30 bits per heavy atom. The van der Waals surface area contributed by atoms with E-state index < -0.39 is 6.29 Å². The predicted molar refractivity (Wildman–Crippen MR) is 195 cm³/mol. The quantitative estimate of drug-likeness (QED) is 0.104. The molecule has 1 fully saturated rings. The van der Waals surface area contributed by atoms with Crippen LogP contribution >= 0.6 is 0 Å². The van der Waals surface area contributed by atoms with Gasteiger partial charge in [0.25, 0.3) is 0 Å². The average molecular weight is 678 g/mol. The lowest BCUT2D eigenvalue weighted by Gasteiger charge is -2.43. The number of nitrogens with zero attached hydrogens (tertiary/aromatic N) is 1. The number of aliphatic hydroxyl groups excluding tert-OH is 1. The van der Waals surface area contributed by atoms with Crippen LogP contribution in [0.3, 0.4) is 0 Å². The minimum absolute atomic E-state index is 0.00358. The summed E-state index contributed by atoms with van der Waals surface area (Å²) in [5.74, 6) is 0.0533. The Labute approximate surface area is 296 Å². The van der Waals surface area contributed by atoms with Crippen LogP contribution in [0.1, 0.15) is 85.3 Å². The Bertz CT molecular complexity index is 1560. The van der Waals surface area contributed by atoms with Gasteiger partial charge in [-0.05, 0) is 40.7 Å². The first kappa shape index (κ1) is 36.9. The van der Waals surface area contributed by atoms with E-state index in [4.69, 9.17) is 9.47 Å². The molecule has 0 aliphatic carbocycles. The number of amides is 2. The van der Waals surface area contributed by atoms with Crippen molar-refractivity contribution in [3.05, 3.63) is 143 Å². The summed E-state index contributed by atoms with van der Waals surface area (Å²) in [6.45, 7) is 7.10. The summed E-state index contributed by atoms with van der Waals surface area (Å²) >= 11 is 0. The van der Waals surface area contributed by atoms with Crippen LogP contribution in [-0.4, -0.2) is 41.0 Å². The maximum atomic E-state index is 12.4. The number of carbonyl (C=O) groups excluding carboxylic acids is 2. The first-order chi connectivity index (χ1) is 24.4. The van der Waals surface area contributed by atoms with E-state index in [1.165, 1.54) is 18.1 Å². The van der Waals surface area contributed by atoms with Gasteiger partial charge in [0.2, 0.25) is 11.8 Å². The molecule has 5 rings (SSSR count). The summed E-state index contributed by atoms with van der Waals surface area (Å²) in [5.41, 5.74) is 6.34. The van der Waals surface area contributed by atoms with E-state index in [0.717, 1.165) is 54.6 Å². The molecular formula is C42H51N3O5. The number of ether oxygens (including phenoxy) is 2. The molecule has 1 saturated heterocycles. The Balaban J connectivity index is 1.27. The highest BCUT2D eigenvalue weighted by molar-refractivity contribution is 5.75. The minimum Gasteiger partial charge on any atom is -0.392 e. The Kier molecular flexibility index (Phi) is 14.1. The average Bonchev–Trinajstić information content (AvgIpc) is 3.14. The number of hydrogen-bond donors (Lipinski definition) is 3. The van der Waals surface area contributed by atoms with Gasteiger partial charge in [-0.25, -0.2) is 0 Å². The van der Waals surface area contributed by atoms with Crippen molar-refractivity contribution >= 4 is 11.8 Å². The first-order valence-electron chi connectivity index (χ1n) is 17.8. The maximum Gasteiger partial charge on any atom is 0.220 e. The molecule has 4 atom stereocenters. The maximum absolute atomic E-state index is 12.4. The molecule has 0 aromatic heterocycles. The molecule has 0 radical (unpaired) electrons. The summed E-state index contributed by atoms with van der Waals surface area (Å²) in [7, 11) is 0. The molecule has 3 N–H and O–H groups in total. The smallest absolute Gasteiger partial charge is 0.220 e. The second-order valence-electron chi connectivity index (χ2n) is 13.3. The zero-order valence-electron chi connectivity index (χ0n) is 29.3. The van der Waals surface area contributed by atoms with Crippen LogP contribution in [0.2, 0.25) is 0 Å². The van der Waals surface area contributed by atoms with E-state index in [9.17, 15) is 14.7 Å². The molecule has 8 heteroatoms. The predicted octanol–water partition coefficient (Wildman–Crippen LogP) is 6.99. The highest BCUT2D eigenvalue weighted by atomic mass is 16.7. The number of rotatable bonds is 17. The zero-order chi connectivity index (χ0) is 35.1. The van der Waals surface area contributed by atoms with Gasteiger partial charge in [-0.3, -0.25) is 14.5 Å². The standard InChI is InChI=1S/C42H51N3O5/c1-31-39(29-45(27-34-12-6-3-7-13-34)28-35-14-8-4-9-15-35)49-42(50-41(31)37-21-19-36(30-46)20-22-37)38-23-17-33(18-24-38)26-44-40(48)16-10-5-11-25-43-32(2)47/h3-4,6-9,12-15,17-24,31,39,41-42,46H,5,10-11,16,25-30H2,1-2H3,(H,43,47)(H,44,48)/t31-,39+,41+,42+/m0/s1. The fraction of sp³-hybridized carbons (Fsp3) is 0.381. The van der Waals surface area contributed by atoms with Gasteiger partial charge in [0.1, 0.15) is 0 Å². The number of benzene rings is 4. The van der Waals surface area contributed by atoms with E-state index >= 15 is 0 Å². The number of unbranched alkanes of at least 4 members (excludes halogenated alkanes) is 2. The molecule has 264 valence electrons. The Morgan fingerprint density at radius 1 is 0.700 bits per heavy atom. The lowest BCUT2D eigenvalue weighted by Crippen LogP contribution is -2.44. The van der Waals surface area contributed by atoms with E-state index in [0.29, 0.717) is 26.1 Å². The summed E-state index contributed by atoms with van der Waals surface area (Å²) in [4.78, 5) is 25.9.